The Hall–Kier alpha value is -3.09. The highest BCUT2D eigenvalue weighted by Crippen LogP contribution is 2.47. The van der Waals surface area contributed by atoms with E-state index in [2.05, 4.69) is 61.5 Å². The smallest absolute Gasteiger partial charge is 0.341 e. The number of nitrogens with zero attached hydrogens (tertiary/aromatic N) is 1. The van der Waals surface area contributed by atoms with Crippen LogP contribution in [0.25, 0.3) is 11.3 Å². The number of ether oxygens (including phenoxy) is 1. The van der Waals surface area contributed by atoms with Crippen LogP contribution in [0.3, 0.4) is 0 Å². The van der Waals surface area contributed by atoms with Gasteiger partial charge in [0.15, 0.2) is 10.9 Å². The van der Waals surface area contributed by atoms with Crippen molar-refractivity contribution >= 4 is 29.1 Å². The molecule has 1 unspecified atom stereocenters. The van der Waals surface area contributed by atoms with Crippen molar-refractivity contribution in [1.29, 1.82) is 0 Å². The number of thiazole rings is 1. The Kier molecular flexibility index (Phi) is 6.20. The Morgan fingerprint density at radius 2 is 1.85 bits per heavy atom. The molecule has 0 fully saturated rings. The molecule has 1 N–H and O–H groups in total. The maximum absolute atomic E-state index is 11.0. The van der Waals surface area contributed by atoms with Crippen LogP contribution in [0, 0.1) is 6.92 Å². The molecule has 1 aliphatic rings. The molecule has 5 rings (SSSR count). The number of aromatic nitrogens is 1. The van der Waals surface area contributed by atoms with Gasteiger partial charge < -0.3 is 9.84 Å². The fraction of sp³-hybridized carbons (Fsp3) is 0.185. The van der Waals surface area contributed by atoms with Crippen LogP contribution in [-0.2, 0) is 17.6 Å². The lowest BCUT2D eigenvalue weighted by Crippen LogP contribution is -2.12. The average Bonchev–Trinajstić information content (AvgIpc) is 3.25. The molecule has 0 amide bonds. The van der Waals surface area contributed by atoms with Gasteiger partial charge in [0.05, 0.1) is 10.9 Å². The third-order valence-corrected chi connectivity index (χ3v) is 8.21. The van der Waals surface area contributed by atoms with E-state index in [9.17, 15) is 4.79 Å². The van der Waals surface area contributed by atoms with Gasteiger partial charge in [0.25, 0.3) is 0 Å². The summed E-state index contributed by atoms with van der Waals surface area (Å²) < 4.78 is 6.59. The average molecular weight is 474 g/mol. The van der Waals surface area contributed by atoms with E-state index in [0.29, 0.717) is 5.75 Å². The van der Waals surface area contributed by atoms with E-state index < -0.39 is 5.97 Å². The topological polar surface area (TPSA) is 59.4 Å². The van der Waals surface area contributed by atoms with Crippen LogP contribution >= 0.6 is 23.1 Å². The number of fused-ring (bicyclic) bond motifs is 3. The third-order valence-electron chi connectivity index (χ3n) is 5.68. The number of benzene rings is 3. The van der Waals surface area contributed by atoms with Crippen molar-refractivity contribution < 1.29 is 14.6 Å². The highest BCUT2D eigenvalue weighted by Gasteiger charge is 2.26. The number of aliphatic carboxylic acids is 1. The monoisotopic (exact) mass is 473 g/mol. The Morgan fingerprint density at radius 1 is 1.06 bits per heavy atom. The maximum atomic E-state index is 11.0. The molecular formula is C27H23NO3S2. The Labute approximate surface area is 201 Å². The first-order valence-corrected chi connectivity index (χ1v) is 12.5. The van der Waals surface area contributed by atoms with Gasteiger partial charge in [-0.15, -0.1) is 11.3 Å². The number of hydrogen-bond acceptors (Lipinski definition) is 5. The summed E-state index contributed by atoms with van der Waals surface area (Å²) in [5.74, 6) is -0.329. The minimum Gasteiger partial charge on any atom is -0.482 e. The van der Waals surface area contributed by atoms with Crippen LogP contribution < -0.4 is 4.74 Å². The second-order valence-corrected chi connectivity index (χ2v) is 10.5. The summed E-state index contributed by atoms with van der Waals surface area (Å²) in [6.45, 7) is 1.79. The predicted octanol–water partition coefficient (Wildman–Crippen LogP) is 6.56. The SMILES string of the molecule is Cc1cccc(C(Sc2nc3c(s2)CCc2c(OCC(=O)O)cccc2-3)c2ccccc2)c1. The lowest BCUT2D eigenvalue weighted by atomic mass is 9.93. The molecule has 0 saturated heterocycles. The summed E-state index contributed by atoms with van der Waals surface area (Å²) in [5.41, 5.74) is 6.87. The van der Waals surface area contributed by atoms with Gasteiger partial charge in [-0.3, -0.25) is 0 Å². The van der Waals surface area contributed by atoms with Gasteiger partial charge in [-0.1, -0.05) is 84.1 Å². The highest BCUT2D eigenvalue weighted by molar-refractivity contribution is 8.01. The molecule has 0 spiro atoms. The van der Waals surface area contributed by atoms with E-state index in [1.165, 1.54) is 21.6 Å². The summed E-state index contributed by atoms with van der Waals surface area (Å²) in [7, 11) is 0. The summed E-state index contributed by atoms with van der Waals surface area (Å²) >= 11 is 3.55. The van der Waals surface area contributed by atoms with Crippen molar-refractivity contribution in [2.75, 3.05) is 6.61 Å². The molecule has 4 nitrogen and oxygen atoms in total. The first kappa shape index (κ1) is 21.7. The zero-order valence-corrected chi connectivity index (χ0v) is 19.8. The molecule has 33 heavy (non-hydrogen) atoms. The quantitative estimate of drug-likeness (QED) is 0.308. The molecule has 1 heterocycles. The van der Waals surface area contributed by atoms with Gasteiger partial charge in [0.1, 0.15) is 5.75 Å². The van der Waals surface area contributed by atoms with Crippen molar-refractivity contribution in [2.45, 2.75) is 29.4 Å². The van der Waals surface area contributed by atoms with Crippen molar-refractivity contribution in [1.82, 2.24) is 4.98 Å². The predicted molar refractivity (Wildman–Crippen MR) is 133 cm³/mol. The van der Waals surface area contributed by atoms with E-state index in [1.807, 2.05) is 18.2 Å². The molecule has 166 valence electrons. The number of carbonyl (C=O) groups is 1. The number of thioether (sulfide) groups is 1. The summed E-state index contributed by atoms with van der Waals surface area (Å²) in [6, 6.07) is 25.1. The second-order valence-electron chi connectivity index (χ2n) is 8.04. The standard InChI is InChI=1S/C27H23NO3S2/c1-17-7-5-10-19(15-17)26(18-8-3-2-4-9-18)33-27-28-25-21-11-6-12-22(31-16-24(29)30)20(21)13-14-23(25)32-27/h2-12,15,26H,13-14,16H2,1H3,(H,29,30). The third kappa shape index (κ3) is 4.68. The molecule has 3 aromatic carbocycles. The molecule has 0 saturated carbocycles. The molecule has 1 atom stereocenters. The largest absolute Gasteiger partial charge is 0.482 e. The van der Waals surface area contributed by atoms with Crippen molar-refractivity contribution in [3.05, 3.63) is 99.9 Å². The fourth-order valence-electron chi connectivity index (χ4n) is 4.21. The fourth-order valence-corrected chi connectivity index (χ4v) is 6.72. The zero-order valence-electron chi connectivity index (χ0n) is 18.2. The minimum absolute atomic E-state index is 0.156. The zero-order chi connectivity index (χ0) is 22.8. The van der Waals surface area contributed by atoms with E-state index in [0.717, 1.165) is 34.0 Å². The van der Waals surface area contributed by atoms with Crippen LogP contribution in [0.15, 0.2) is 77.1 Å². The summed E-state index contributed by atoms with van der Waals surface area (Å²) in [4.78, 5) is 17.3. The van der Waals surface area contributed by atoms with E-state index in [4.69, 9.17) is 14.8 Å². The number of hydrogen-bond donors (Lipinski definition) is 1. The van der Waals surface area contributed by atoms with Crippen LogP contribution in [0.4, 0.5) is 0 Å². The molecule has 0 bridgehead atoms. The lowest BCUT2D eigenvalue weighted by molar-refractivity contribution is -0.139. The van der Waals surface area contributed by atoms with Crippen LogP contribution in [0.5, 0.6) is 5.75 Å². The number of rotatable bonds is 7. The van der Waals surface area contributed by atoms with Crippen LogP contribution in [0.1, 0.15) is 32.4 Å². The Balaban J connectivity index is 1.49. The first-order valence-electron chi connectivity index (χ1n) is 10.8. The van der Waals surface area contributed by atoms with Crippen molar-refractivity contribution in [3.63, 3.8) is 0 Å². The van der Waals surface area contributed by atoms with Crippen LogP contribution in [-0.4, -0.2) is 22.7 Å². The van der Waals surface area contributed by atoms with Gasteiger partial charge in [0.2, 0.25) is 0 Å². The molecule has 0 radical (unpaired) electrons. The summed E-state index contributed by atoms with van der Waals surface area (Å²) in [5, 5.41) is 9.15. The van der Waals surface area contributed by atoms with E-state index in [-0.39, 0.29) is 11.9 Å². The minimum atomic E-state index is -0.973. The number of carboxylic acids is 1. The molecule has 4 aromatic rings. The van der Waals surface area contributed by atoms with Crippen LogP contribution in [0.2, 0.25) is 0 Å². The Morgan fingerprint density at radius 3 is 2.64 bits per heavy atom. The second kappa shape index (κ2) is 9.41. The van der Waals surface area contributed by atoms with Gasteiger partial charge in [-0.25, -0.2) is 9.78 Å². The molecule has 1 aromatic heterocycles. The number of carboxylic acid groups (broad SMARTS) is 1. The molecule has 6 heteroatoms. The van der Waals surface area contributed by atoms with Crippen molar-refractivity contribution in [2.24, 2.45) is 0 Å². The van der Waals surface area contributed by atoms with Gasteiger partial charge in [-0.2, -0.15) is 0 Å². The first-order chi connectivity index (χ1) is 16.1. The summed E-state index contributed by atoms with van der Waals surface area (Å²) in [6.07, 6.45) is 1.71. The van der Waals surface area contributed by atoms with E-state index >= 15 is 0 Å². The van der Waals surface area contributed by atoms with Gasteiger partial charge in [0, 0.05) is 16.0 Å². The Bertz CT molecular complexity index is 1300. The van der Waals surface area contributed by atoms with Gasteiger partial charge >= 0.3 is 5.97 Å². The molecular weight excluding hydrogens is 450 g/mol. The van der Waals surface area contributed by atoms with Gasteiger partial charge in [-0.05, 0) is 37.0 Å². The lowest BCUT2D eigenvalue weighted by Gasteiger charge is -2.18. The van der Waals surface area contributed by atoms with Crippen molar-refractivity contribution in [3.8, 4) is 17.0 Å². The number of aryl methyl sites for hydroxylation is 2. The highest BCUT2D eigenvalue weighted by atomic mass is 32.2. The molecule has 1 aliphatic carbocycles. The van der Waals surface area contributed by atoms with E-state index in [1.54, 1.807) is 23.1 Å². The maximum Gasteiger partial charge on any atom is 0.341 e. The normalized spacial score (nSPS) is 13.1. The molecule has 0 aliphatic heterocycles.